The Bertz CT molecular complexity index is 290. The van der Waals surface area contributed by atoms with Crippen molar-refractivity contribution >= 4 is 34.0 Å². The Hall–Kier alpha value is -0.350. The number of pyridine rings is 1. The Morgan fingerprint density at radius 2 is 2.50 bits per heavy atom. The molecule has 12 heavy (non-hydrogen) atoms. The van der Waals surface area contributed by atoms with Crippen molar-refractivity contribution in [3.63, 3.8) is 0 Å². The number of thioether (sulfide) groups is 1. The van der Waals surface area contributed by atoms with Crippen molar-refractivity contribution in [2.75, 3.05) is 5.75 Å². The van der Waals surface area contributed by atoms with Crippen LogP contribution in [0.4, 0.5) is 0 Å². The van der Waals surface area contributed by atoms with Crippen molar-refractivity contribution in [2.24, 2.45) is 0 Å². The van der Waals surface area contributed by atoms with Crippen LogP contribution in [0.1, 0.15) is 5.69 Å². The average molecular weight is 246 g/mol. The Balaban J connectivity index is 2.75. The van der Waals surface area contributed by atoms with E-state index in [1.165, 1.54) is 11.8 Å². The molecule has 0 N–H and O–H groups in total. The fourth-order valence-corrected chi connectivity index (χ4v) is 1.79. The van der Waals surface area contributed by atoms with Gasteiger partial charge in [-0.2, -0.15) is 0 Å². The lowest BCUT2D eigenvalue weighted by atomic mass is 10.4. The van der Waals surface area contributed by atoms with E-state index in [4.69, 9.17) is 0 Å². The smallest absolute Gasteiger partial charge is 0.130 e. The van der Waals surface area contributed by atoms with E-state index in [0.717, 1.165) is 21.3 Å². The van der Waals surface area contributed by atoms with Crippen LogP contribution >= 0.6 is 27.7 Å². The highest BCUT2D eigenvalue weighted by Crippen LogP contribution is 2.22. The van der Waals surface area contributed by atoms with Gasteiger partial charge in [0, 0.05) is 15.6 Å². The van der Waals surface area contributed by atoms with Crippen LogP contribution in [0.5, 0.6) is 0 Å². The molecular weight excluding hydrogens is 238 g/mol. The third-order valence-electron chi connectivity index (χ3n) is 1.32. The minimum atomic E-state index is 0.483. The summed E-state index contributed by atoms with van der Waals surface area (Å²) in [4.78, 5) is 15.2. The number of halogens is 1. The molecule has 0 aliphatic rings. The third-order valence-corrected chi connectivity index (χ3v) is 2.98. The molecular formula is C8H8BrNOS. The van der Waals surface area contributed by atoms with Crippen molar-refractivity contribution in [1.82, 2.24) is 4.98 Å². The van der Waals surface area contributed by atoms with E-state index in [0.29, 0.717) is 5.75 Å². The van der Waals surface area contributed by atoms with Gasteiger partial charge < -0.3 is 4.79 Å². The first-order valence-electron chi connectivity index (χ1n) is 3.42. The highest BCUT2D eigenvalue weighted by Gasteiger charge is 1.98. The molecule has 1 rings (SSSR count). The maximum absolute atomic E-state index is 10.1. The molecule has 0 atom stereocenters. The summed E-state index contributed by atoms with van der Waals surface area (Å²) in [7, 11) is 0. The lowest BCUT2D eigenvalue weighted by molar-refractivity contribution is -0.105. The molecule has 0 aromatic carbocycles. The Labute approximate surface area is 83.9 Å². The van der Waals surface area contributed by atoms with Crippen molar-refractivity contribution in [3.8, 4) is 0 Å². The van der Waals surface area contributed by atoms with E-state index in [-0.39, 0.29) is 0 Å². The predicted octanol–water partition coefficient (Wildman–Crippen LogP) is 2.44. The number of hydrogen-bond donors (Lipinski definition) is 0. The first kappa shape index (κ1) is 9.74. The van der Waals surface area contributed by atoms with E-state index in [9.17, 15) is 4.79 Å². The normalized spacial score (nSPS) is 9.83. The monoisotopic (exact) mass is 245 g/mol. The number of carbonyl (C=O) groups excluding carboxylic acids is 1. The maximum Gasteiger partial charge on any atom is 0.130 e. The molecule has 0 amide bonds. The molecule has 64 valence electrons. The topological polar surface area (TPSA) is 30.0 Å². The van der Waals surface area contributed by atoms with E-state index >= 15 is 0 Å². The van der Waals surface area contributed by atoms with Gasteiger partial charge in [0.2, 0.25) is 0 Å². The molecule has 4 heteroatoms. The lowest BCUT2D eigenvalue weighted by Crippen LogP contribution is -1.85. The summed E-state index contributed by atoms with van der Waals surface area (Å²) in [6, 6.07) is 1.97. The van der Waals surface area contributed by atoms with Gasteiger partial charge in [0.15, 0.2) is 0 Å². The molecule has 0 aliphatic heterocycles. The zero-order valence-corrected chi connectivity index (χ0v) is 8.98. The molecule has 0 saturated carbocycles. The molecule has 0 radical (unpaired) electrons. The number of nitrogens with zero attached hydrogens (tertiary/aromatic N) is 1. The van der Waals surface area contributed by atoms with Gasteiger partial charge in [0.25, 0.3) is 0 Å². The molecule has 0 saturated heterocycles. The van der Waals surface area contributed by atoms with Crippen LogP contribution in [0.25, 0.3) is 0 Å². The molecule has 2 nitrogen and oxygen atoms in total. The van der Waals surface area contributed by atoms with Crippen LogP contribution in [0.3, 0.4) is 0 Å². The SMILES string of the molecule is Cc1ncc(SCC=O)cc1Br. The molecule has 0 fully saturated rings. The molecule has 0 spiro atoms. The Morgan fingerprint density at radius 3 is 3.08 bits per heavy atom. The first-order chi connectivity index (χ1) is 5.74. The van der Waals surface area contributed by atoms with Gasteiger partial charge in [0.05, 0.1) is 11.4 Å². The maximum atomic E-state index is 10.1. The molecule has 1 heterocycles. The second-order valence-corrected chi connectivity index (χ2v) is 4.16. The Morgan fingerprint density at radius 1 is 1.75 bits per heavy atom. The van der Waals surface area contributed by atoms with Gasteiger partial charge in [-0.25, -0.2) is 0 Å². The summed E-state index contributed by atoms with van der Waals surface area (Å²) in [6.07, 6.45) is 2.66. The van der Waals surface area contributed by atoms with Crippen LogP contribution in [0, 0.1) is 6.92 Å². The first-order valence-corrected chi connectivity index (χ1v) is 5.20. The van der Waals surface area contributed by atoms with E-state index < -0.39 is 0 Å². The molecule has 0 bridgehead atoms. The summed E-state index contributed by atoms with van der Waals surface area (Å²) >= 11 is 4.86. The largest absolute Gasteiger partial charge is 0.302 e. The number of aromatic nitrogens is 1. The van der Waals surface area contributed by atoms with E-state index in [1.807, 2.05) is 13.0 Å². The number of rotatable bonds is 3. The zero-order chi connectivity index (χ0) is 8.97. The van der Waals surface area contributed by atoms with Crippen molar-refractivity contribution in [1.29, 1.82) is 0 Å². The fourth-order valence-electron chi connectivity index (χ4n) is 0.698. The summed E-state index contributed by atoms with van der Waals surface area (Å²) in [6.45, 7) is 1.93. The van der Waals surface area contributed by atoms with Crippen molar-refractivity contribution in [2.45, 2.75) is 11.8 Å². The number of carbonyl (C=O) groups is 1. The van der Waals surface area contributed by atoms with Crippen LogP contribution in [0.2, 0.25) is 0 Å². The molecule has 1 aromatic heterocycles. The standard InChI is InChI=1S/C8H8BrNOS/c1-6-8(9)4-7(5-10-6)12-3-2-11/h2,4-5H,3H2,1H3. The number of aldehydes is 1. The van der Waals surface area contributed by atoms with Gasteiger partial charge in [0.1, 0.15) is 6.29 Å². The quantitative estimate of drug-likeness (QED) is 0.606. The molecule has 0 unspecified atom stereocenters. The minimum absolute atomic E-state index is 0.483. The van der Waals surface area contributed by atoms with Gasteiger partial charge in [-0.3, -0.25) is 4.98 Å². The van der Waals surface area contributed by atoms with Gasteiger partial charge in [-0.1, -0.05) is 0 Å². The van der Waals surface area contributed by atoms with Crippen molar-refractivity contribution in [3.05, 3.63) is 22.4 Å². The lowest BCUT2D eigenvalue weighted by Gasteiger charge is -1.99. The summed E-state index contributed by atoms with van der Waals surface area (Å²) in [5.41, 5.74) is 0.963. The van der Waals surface area contributed by atoms with Crippen LogP contribution in [0.15, 0.2) is 21.6 Å². The second-order valence-electron chi connectivity index (χ2n) is 2.22. The van der Waals surface area contributed by atoms with E-state index in [1.54, 1.807) is 6.20 Å². The highest BCUT2D eigenvalue weighted by atomic mass is 79.9. The van der Waals surface area contributed by atoms with Crippen LogP contribution in [-0.4, -0.2) is 17.0 Å². The second kappa shape index (κ2) is 4.62. The van der Waals surface area contributed by atoms with Crippen molar-refractivity contribution < 1.29 is 4.79 Å². The van der Waals surface area contributed by atoms with Gasteiger partial charge in [-0.05, 0) is 28.9 Å². The fraction of sp³-hybridized carbons (Fsp3) is 0.250. The van der Waals surface area contributed by atoms with Gasteiger partial charge in [-0.15, -0.1) is 11.8 Å². The van der Waals surface area contributed by atoms with Crippen LogP contribution < -0.4 is 0 Å². The summed E-state index contributed by atoms with van der Waals surface area (Å²) in [5.74, 6) is 0.483. The van der Waals surface area contributed by atoms with E-state index in [2.05, 4.69) is 20.9 Å². The average Bonchev–Trinajstić information content (AvgIpc) is 2.07. The third kappa shape index (κ3) is 2.60. The molecule has 1 aromatic rings. The number of aryl methyl sites for hydroxylation is 1. The highest BCUT2D eigenvalue weighted by molar-refractivity contribution is 9.10. The predicted molar refractivity (Wildman–Crippen MR) is 53.5 cm³/mol. The Kier molecular flexibility index (Phi) is 3.75. The number of hydrogen-bond acceptors (Lipinski definition) is 3. The van der Waals surface area contributed by atoms with Gasteiger partial charge >= 0.3 is 0 Å². The summed E-state index contributed by atoms with van der Waals surface area (Å²) < 4.78 is 0.985. The molecule has 0 aliphatic carbocycles. The summed E-state index contributed by atoms with van der Waals surface area (Å²) in [5, 5.41) is 0. The zero-order valence-electron chi connectivity index (χ0n) is 6.58. The van der Waals surface area contributed by atoms with Crippen LogP contribution in [-0.2, 0) is 4.79 Å². The minimum Gasteiger partial charge on any atom is -0.302 e.